The maximum absolute atomic E-state index is 10.8. The summed E-state index contributed by atoms with van der Waals surface area (Å²) in [5.41, 5.74) is 1.89. The van der Waals surface area contributed by atoms with E-state index in [1.807, 2.05) is 6.07 Å². The molecule has 17 heavy (non-hydrogen) atoms. The highest BCUT2D eigenvalue weighted by atomic mass is 16.6. The number of aryl methyl sites for hydroxylation is 1. The van der Waals surface area contributed by atoms with Crippen LogP contribution < -0.4 is 5.32 Å². The van der Waals surface area contributed by atoms with Crippen molar-refractivity contribution in [2.45, 2.75) is 39.7 Å². The second-order valence-electron chi connectivity index (χ2n) is 4.26. The predicted molar refractivity (Wildman–Crippen MR) is 69.1 cm³/mol. The molecule has 0 saturated carbocycles. The Morgan fingerprint density at radius 2 is 2.12 bits per heavy atom. The molecule has 0 atom stereocenters. The van der Waals surface area contributed by atoms with E-state index in [9.17, 15) is 10.1 Å². The highest BCUT2D eigenvalue weighted by Crippen LogP contribution is 2.18. The molecule has 4 nitrogen and oxygen atoms in total. The average Bonchev–Trinajstić information content (AvgIpc) is 2.30. The van der Waals surface area contributed by atoms with E-state index in [0.717, 1.165) is 18.5 Å². The first kappa shape index (κ1) is 13.6. The van der Waals surface area contributed by atoms with Gasteiger partial charge in [-0.15, -0.1) is 0 Å². The lowest BCUT2D eigenvalue weighted by Crippen LogP contribution is -2.14. The number of hydrogen-bond donors (Lipinski definition) is 1. The zero-order valence-corrected chi connectivity index (χ0v) is 10.5. The van der Waals surface area contributed by atoms with Crippen molar-refractivity contribution in [1.29, 1.82) is 0 Å². The SMILES string of the molecule is CCCCCNCc1ccc(C)c([N+](=O)[O-])c1. The van der Waals surface area contributed by atoms with E-state index >= 15 is 0 Å². The van der Waals surface area contributed by atoms with Crippen LogP contribution in [0.5, 0.6) is 0 Å². The summed E-state index contributed by atoms with van der Waals surface area (Å²) in [7, 11) is 0. The molecule has 0 saturated heterocycles. The quantitative estimate of drug-likeness (QED) is 0.449. The summed E-state index contributed by atoms with van der Waals surface area (Å²) >= 11 is 0. The van der Waals surface area contributed by atoms with Crippen molar-refractivity contribution in [2.75, 3.05) is 6.54 Å². The molecular weight excluding hydrogens is 216 g/mol. The van der Waals surface area contributed by atoms with E-state index in [0.29, 0.717) is 12.1 Å². The van der Waals surface area contributed by atoms with Gasteiger partial charge in [0.1, 0.15) is 0 Å². The Morgan fingerprint density at radius 3 is 2.76 bits per heavy atom. The van der Waals surface area contributed by atoms with Crippen molar-refractivity contribution in [1.82, 2.24) is 5.32 Å². The standard InChI is InChI=1S/C13H20N2O2/c1-3-4-5-8-14-10-12-7-6-11(2)13(9-12)15(16)17/h6-7,9,14H,3-5,8,10H2,1-2H3. The van der Waals surface area contributed by atoms with Crippen LogP contribution in [-0.4, -0.2) is 11.5 Å². The minimum absolute atomic E-state index is 0.206. The maximum atomic E-state index is 10.8. The Bertz CT molecular complexity index is 378. The molecule has 0 amide bonds. The number of rotatable bonds is 7. The van der Waals surface area contributed by atoms with Crippen LogP contribution in [0.25, 0.3) is 0 Å². The summed E-state index contributed by atoms with van der Waals surface area (Å²) in [4.78, 5) is 10.5. The van der Waals surface area contributed by atoms with E-state index in [2.05, 4.69) is 12.2 Å². The zero-order valence-electron chi connectivity index (χ0n) is 10.5. The Labute approximate surface area is 102 Å². The molecule has 1 aromatic rings. The van der Waals surface area contributed by atoms with Crippen molar-refractivity contribution >= 4 is 5.69 Å². The van der Waals surface area contributed by atoms with Crippen LogP contribution in [0.15, 0.2) is 18.2 Å². The predicted octanol–water partition coefficient (Wildman–Crippen LogP) is 3.18. The van der Waals surface area contributed by atoms with E-state index < -0.39 is 0 Å². The van der Waals surface area contributed by atoms with Gasteiger partial charge in [0.2, 0.25) is 0 Å². The Morgan fingerprint density at radius 1 is 1.35 bits per heavy atom. The molecule has 0 unspecified atom stereocenters. The number of nitrogens with zero attached hydrogens (tertiary/aromatic N) is 1. The molecule has 4 heteroatoms. The molecule has 0 aliphatic rings. The first-order chi connectivity index (χ1) is 8.15. The summed E-state index contributed by atoms with van der Waals surface area (Å²) in [5.74, 6) is 0. The van der Waals surface area contributed by atoms with Gasteiger partial charge in [-0.25, -0.2) is 0 Å². The first-order valence-electron chi connectivity index (χ1n) is 6.09. The van der Waals surface area contributed by atoms with Gasteiger partial charge in [0.15, 0.2) is 0 Å². The average molecular weight is 236 g/mol. The van der Waals surface area contributed by atoms with Crippen molar-refractivity contribution < 1.29 is 4.92 Å². The third-order valence-electron chi connectivity index (χ3n) is 2.76. The fourth-order valence-corrected chi connectivity index (χ4v) is 1.69. The lowest BCUT2D eigenvalue weighted by atomic mass is 10.1. The smallest absolute Gasteiger partial charge is 0.272 e. The molecule has 0 radical (unpaired) electrons. The van der Waals surface area contributed by atoms with Gasteiger partial charge in [-0.1, -0.05) is 31.9 Å². The lowest BCUT2D eigenvalue weighted by Gasteiger charge is -2.05. The second-order valence-corrected chi connectivity index (χ2v) is 4.26. The summed E-state index contributed by atoms with van der Waals surface area (Å²) in [6, 6.07) is 5.40. The number of nitrogens with one attached hydrogen (secondary N) is 1. The van der Waals surface area contributed by atoms with Crippen LogP contribution in [0.4, 0.5) is 5.69 Å². The Balaban J connectivity index is 2.49. The van der Waals surface area contributed by atoms with Gasteiger partial charge in [0.25, 0.3) is 5.69 Å². The van der Waals surface area contributed by atoms with Crippen LogP contribution >= 0.6 is 0 Å². The minimum Gasteiger partial charge on any atom is -0.313 e. The van der Waals surface area contributed by atoms with Crippen molar-refractivity contribution in [3.05, 3.63) is 39.4 Å². The maximum Gasteiger partial charge on any atom is 0.272 e. The molecule has 0 aliphatic carbocycles. The van der Waals surface area contributed by atoms with Crippen LogP contribution in [0, 0.1) is 17.0 Å². The monoisotopic (exact) mass is 236 g/mol. The second kappa shape index (κ2) is 7.01. The first-order valence-corrected chi connectivity index (χ1v) is 6.09. The lowest BCUT2D eigenvalue weighted by molar-refractivity contribution is -0.385. The van der Waals surface area contributed by atoms with E-state index in [4.69, 9.17) is 0 Å². The fourth-order valence-electron chi connectivity index (χ4n) is 1.69. The molecule has 1 rings (SSSR count). The van der Waals surface area contributed by atoms with Gasteiger partial charge in [-0.2, -0.15) is 0 Å². The van der Waals surface area contributed by atoms with Gasteiger partial charge in [-0.05, 0) is 25.5 Å². The van der Waals surface area contributed by atoms with E-state index in [-0.39, 0.29) is 10.6 Å². The third-order valence-corrected chi connectivity index (χ3v) is 2.76. The molecule has 0 heterocycles. The summed E-state index contributed by atoms with van der Waals surface area (Å²) < 4.78 is 0. The normalized spacial score (nSPS) is 10.5. The fraction of sp³-hybridized carbons (Fsp3) is 0.538. The number of nitro groups is 1. The van der Waals surface area contributed by atoms with Crippen molar-refractivity contribution in [3.8, 4) is 0 Å². The van der Waals surface area contributed by atoms with Gasteiger partial charge in [-0.3, -0.25) is 10.1 Å². The molecule has 0 spiro atoms. The molecule has 0 fully saturated rings. The number of hydrogen-bond acceptors (Lipinski definition) is 3. The molecule has 0 aliphatic heterocycles. The Hall–Kier alpha value is -1.42. The van der Waals surface area contributed by atoms with Crippen LogP contribution in [0.1, 0.15) is 37.3 Å². The highest BCUT2D eigenvalue weighted by molar-refractivity contribution is 5.42. The number of unbranched alkanes of at least 4 members (excludes halogenated alkanes) is 2. The molecule has 1 N–H and O–H groups in total. The van der Waals surface area contributed by atoms with Crippen molar-refractivity contribution in [3.63, 3.8) is 0 Å². The van der Waals surface area contributed by atoms with Crippen LogP contribution in [-0.2, 0) is 6.54 Å². The van der Waals surface area contributed by atoms with Crippen LogP contribution in [0.3, 0.4) is 0 Å². The van der Waals surface area contributed by atoms with Crippen LogP contribution in [0.2, 0.25) is 0 Å². The van der Waals surface area contributed by atoms with Crippen molar-refractivity contribution in [2.24, 2.45) is 0 Å². The third kappa shape index (κ3) is 4.53. The highest BCUT2D eigenvalue weighted by Gasteiger charge is 2.10. The molecule has 0 aromatic heterocycles. The van der Waals surface area contributed by atoms with Gasteiger partial charge in [0, 0.05) is 18.2 Å². The summed E-state index contributed by atoms with van der Waals surface area (Å²) in [6.45, 7) is 5.60. The Kier molecular flexibility index (Phi) is 5.63. The topological polar surface area (TPSA) is 55.2 Å². The largest absolute Gasteiger partial charge is 0.313 e. The molecule has 1 aromatic carbocycles. The number of nitro benzene ring substituents is 1. The van der Waals surface area contributed by atoms with Gasteiger partial charge in [0.05, 0.1) is 4.92 Å². The molecular formula is C13H20N2O2. The summed E-state index contributed by atoms with van der Waals surface area (Å²) in [5, 5.41) is 14.1. The summed E-state index contributed by atoms with van der Waals surface area (Å²) in [6.07, 6.45) is 3.59. The van der Waals surface area contributed by atoms with Gasteiger partial charge >= 0.3 is 0 Å². The minimum atomic E-state index is -0.323. The van der Waals surface area contributed by atoms with Gasteiger partial charge < -0.3 is 5.32 Å². The molecule has 0 bridgehead atoms. The van der Waals surface area contributed by atoms with E-state index in [1.165, 1.54) is 12.8 Å². The van der Waals surface area contributed by atoms with E-state index in [1.54, 1.807) is 19.1 Å². The molecule has 94 valence electrons. The number of benzene rings is 1. The zero-order chi connectivity index (χ0) is 12.7.